The van der Waals surface area contributed by atoms with Gasteiger partial charge in [0.1, 0.15) is 5.78 Å². The molecular formula is C11H18O3. The number of rotatable bonds is 6. The van der Waals surface area contributed by atoms with Crippen molar-refractivity contribution in [1.82, 2.24) is 0 Å². The number of Topliss-reactive ketones (excluding diaryl/α,β-unsaturated/α-hetero) is 2. The molecule has 0 fully saturated rings. The molecule has 0 aliphatic carbocycles. The van der Waals surface area contributed by atoms with Crippen molar-refractivity contribution in [3.63, 3.8) is 0 Å². The van der Waals surface area contributed by atoms with Crippen LogP contribution >= 0.6 is 0 Å². The zero-order valence-electron chi connectivity index (χ0n) is 9.24. The van der Waals surface area contributed by atoms with Gasteiger partial charge >= 0.3 is 0 Å². The van der Waals surface area contributed by atoms with E-state index in [1.807, 2.05) is 13.8 Å². The van der Waals surface area contributed by atoms with Crippen LogP contribution in [0.3, 0.4) is 0 Å². The quantitative estimate of drug-likeness (QED) is 0.481. The van der Waals surface area contributed by atoms with Gasteiger partial charge in [0, 0.05) is 17.8 Å². The molecule has 0 aliphatic heterocycles. The summed E-state index contributed by atoms with van der Waals surface area (Å²) < 4.78 is 0. The second kappa shape index (κ2) is 5.68. The lowest BCUT2D eigenvalue weighted by atomic mass is 9.87. The Morgan fingerprint density at radius 1 is 1.07 bits per heavy atom. The van der Waals surface area contributed by atoms with Crippen LogP contribution in [0.15, 0.2) is 0 Å². The second-order valence-corrected chi connectivity index (χ2v) is 4.12. The minimum absolute atomic E-state index is 0.0106. The van der Waals surface area contributed by atoms with Crippen molar-refractivity contribution in [3.05, 3.63) is 0 Å². The fraction of sp³-hybridized carbons (Fsp3) is 0.727. The van der Waals surface area contributed by atoms with Gasteiger partial charge in [0.2, 0.25) is 0 Å². The maximum atomic E-state index is 11.5. The van der Waals surface area contributed by atoms with E-state index in [0.29, 0.717) is 12.7 Å². The lowest BCUT2D eigenvalue weighted by Crippen LogP contribution is -2.22. The van der Waals surface area contributed by atoms with Crippen LogP contribution in [0.25, 0.3) is 0 Å². The normalized spacial score (nSPS) is 14.9. The predicted molar refractivity (Wildman–Crippen MR) is 53.9 cm³/mol. The Morgan fingerprint density at radius 3 is 1.93 bits per heavy atom. The zero-order chi connectivity index (χ0) is 11.3. The van der Waals surface area contributed by atoms with Crippen LogP contribution in [-0.2, 0) is 14.4 Å². The summed E-state index contributed by atoms with van der Waals surface area (Å²) in [6.45, 7) is 7.16. The maximum Gasteiger partial charge on any atom is 0.197 e. The molecule has 0 amide bonds. The molecule has 0 saturated carbocycles. The van der Waals surface area contributed by atoms with Gasteiger partial charge in [-0.15, -0.1) is 0 Å². The van der Waals surface area contributed by atoms with E-state index in [2.05, 4.69) is 0 Å². The SMILES string of the molecule is CC(C)C(=O)C(C)CC(C)C(=O)C=O. The van der Waals surface area contributed by atoms with Crippen molar-refractivity contribution < 1.29 is 14.4 Å². The Kier molecular flexibility index (Phi) is 5.28. The summed E-state index contributed by atoms with van der Waals surface area (Å²) in [5, 5.41) is 0. The van der Waals surface area contributed by atoms with E-state index >= 15 is 0 Å². The number of carbonyl (C=O) groups is 3. The fourth-order valence-corrected chi connectivity index (χ4v) is 1.45. The van der Waals surface area contributed by atoms with Crippen molar-refractivity contribution in [2.24, 2.45) is 17.8 Å². The van der Waals surface area contributed by atoms with Crippen LogP contribution in [-0.4, -0.2) is 17.9 Å². The first-order chi connectivity index (χ1) is 6.40. The van der Waals surface area contributed by atoms with Crippen LogP contribution in [0, 0.1) is 17.8 Å². The summed E-state index contributed by atoms with van der Waals surface area (Å²) >= 11 is 0. The highest BCUT2D eigenvalue weighted by molar-refractivity contribution is 6.25. The average molecular weight is 198 g/mol. The first-order valence-electron chi connectivity index (χ1n) is 4.92. The third-order valence-electron chi connectivity index (χ3n) is 2.36. The largest absolute Gasteiger partial charge is 0.299 e. The molecule has 0 heterocycles. The van der Waals surface area contributed by atoms with Crippen LogP contribution in [0.1, 0.15) is 34.1 Å². The predicted octanol–water partition coefficient (Wildman–Crippen LogP) is 1.64. The lowest BCUT2D eigenvalue weighted by Gasteiger charge is -2.15. The highest BCUT2D eigenvalue weighted by Crippen LogP contribution is 2.16. The highest BCUT2D eigenvalue weighted by atomic mass is 16.2. The lowest BCUT2D eigenvalue weighted by molar-refractivity contribution is -0.133. The van der Waals surface area contributed by atoms with E-state index in [1.165, 1.54) is 0 Å². The van der Waals surface area contributed by atoms with Crippen LogP contribution in [0.5, 0.6) is 0 Å². The Balaban J connectivity index is 4.18. The molecule has 2 unspecified atom stereocenters. The number of aldehydes is 1. The van der Waals surface area contributed by atoms with E-state index in [0.717, 1.165) is 0 Å². The monoisotopic (exact) mass is 198 g/mol. The third-order valence-corrected chi connectivity index (χ3v) is 2.36. The van der Waals surface area contributed by atoms with Gasteiger partial charge in [0.25, 0.3) is 0 Å². The van der Waals surface area contributed by atoms with E-state index < -0.39 is 5.78 Å². The minimum atomic E-state index is -0.423. The Bertz CT molecular complexity index is 231. The van der Waals surface area contributed by atoms with E-state index in [9.17, 15) is 14.4 Å². The van der Waals surface area contributed by atoms with Gasteiger partial charge in [-0.05, 0) is 6.42 Å². The number of hydrogen-bond donors (Lipinski definition) is 0. The molecule has 0 bridgehead atoms. The van der Waals surface area contributed by atoms with E-state index in [4.69, 9.17) is 0 Å². The standard InChI is InChI=1S/C11H18O3/c1-7(2)11(14)9(4)5-8(3)10(13)6-12/h6-9H,5H2,1-4H3. The van der Waals surface area contributed by atoms with Crippen molar-refractivity contribution in [1.29, 1.82) is 0 Å². The minimum Gasteiger partial charge on any atom is -0.299 e. The van der Waals surface area contributed by atoms with Crippen molar-refractivity contribution in [3.8, 4) is 0 Å². The van der Waals surface area contributed by atoms with Crippen LogP contribution in [0.2, 0.25) is 0 Å². The molecule has 0 aromatic carbocycles. The zero-order valence-corrected chi connectivity index (χ0v) is 9.24. The van der Waals surface area contributed by atoms with Gasteiger partial charge in [0.15, 0.2) is 12.1 Å². The summed E-state index contributed by atoms with van der Waals surface area (Å²) in [4.78, 5) is 32.6. The molecule has 14 heavy (non-hydrogen) atoms. The first kappa shape index (κ1) is 13.0. The summed E-state index contributed by atoms with van der Waals surface area (Å²) in [6.07, 6.45) is 0.797. The molecule has 80 valence electrons. The molecule has 0 spiro atoms. The molecule has 0 aliphatic rings. The average Bonchev–Trinajstić information content (AvgIpc) is 2.14. The van der Waals surface area contributed by atoms with Gasteiger partial charge in [-0.25, -0.2) is 0 Å². The summed E-state index contributed by atoms with van der Waals surface area (Å²) in [7, 11) is 0. The van der Waals surface area contributed by atoms with Crippen molar-refractivity contribution >= 4 is 17.9 Å². The Hall–Kier alpha value is -0.990. The first-order valence-corrected chi connectivity index (χ1v) is 4.92. The van der Waals surface area contributed by atoms with Crippen LogP contribution in [0.4, 0.5) is 0 Å². The molecule has 0 radical (unpaired) electrons. The molecule has 3 nitrogen and oxygen atoms in total. The molecule has 0 rings (SSSR count). The topological polar surface area (TPSA) is 51.2 Å². The number of hydrogen-bond acceptors (Lipinski definition) is 3. The number of ketones is 2. The van der Waals surface area contributed by atoms with Gasteiger partial charge < -0.3 is 0 Å². The van der Waals surface area contributed by atoms with Gasteiger partial charge in [0.05, 0.1) is 0 Å². The van der Waals surface area contributed by atoms with E-state index in [-0.39, 0.29) is 23.5 Å². The van der Waals surface area contributed by atoms with Crippen molar-refractivity contribution in [2.75, 3.05) is 0 Å². The summed E-state index contributed by atoms with van der Waals surface area (Å²) in [6, 6.07) is 0. The molecular weight excluding hydrogens is 180 g/mol. The third kappa shape index (κ3) is 3.81. The van der Waals surface area contributed by atoms with Gasteiger partial charge in [-0.1, -0.05) is 27.7 Å². The molecule has 0 N–H and O–H groups in total. The molecule has 0 aromatic heterocycles. The molecule has 3 heteroatoms. The summed E-state index contributed by atoms with van der Waals surface area (Å²) in [5.41, 5.74) is 0. The second-order valence-electron chi connectivity index (χ2n) is 4.12. The fourth-order valence-electron chi connectivity index (χ4n) is 1.45. The van der Waals surface area contributed by atoms with Crippen molar-refractivity contribution in [2.45, 2.75) is 34.1 Å². The Morgan fingerprint density at radius 2 is 1.57 bits per heavy atom. The number of carbonyl (C=O) groups excluding carboxylic acids is 3. The highest BCUT2D eigenvalue weighted by Gasteiger charge is 2.21. The van der Waals surface area contributed by atoms with Gasteiger partial charge in [-0.2, -0.15) is 0 Å². The molecule has 0 saturated heterocycles. The van der Waals surface area contributed by atoms with Crippen LogP contribution < -0.4 is 0 Å². The Labute approximate surface area is 84.9 Å². The molecule has 2 atom stereocenters. The summed E-state index contributed by atoms with van der Waals surface area (Å²) in [5.74, 6) is -0.772. The van der Waals surface area contributed by atoms with Gasteiger partial charge in [-0.3, -0.25) is 14.4 Å². The molecule has 0 aromatic rings. The smallest absolute Gasteiger partial charge is 0.197 e. The maximum absolute atomic E-state index is 11.5. The van der Waals surface area contributed by atoms with E-state index in [1.54, 1.807) is 13.8 Å².